The van der Waals surface area contributed by atoms with E-state index in [0.29, 0.717) is 19.6 Å². The van der Waals surface area contributed by atoms with Crippen LogP contribution in [0.1, 0.15) is 48.0 Å². The van der Waals surface area contributed by atoms with Gasteiger partial charge in [-0.05, 0) is 33.6 Å². The van der Waals surface area contributed by atoms with Crippen molar-refractivity contribution in [3.05, 3.63) is 0 Å². The van der Waals surface area contributed by atoms with Crippen LogP contribution in [0.5, 0.6) is 0 Å². The molecule has 21 heavy (non-hydrogen) atoms. The largest absolute Gasteiger partial charge is 0.464 e. The Morgan fingerprint density at radius 2 is 1.52 bits per heavy atom. The fraction of sp³-hybridized carbons (Fsp3) is 1.00. The maximum Gasteiger partial charge on any atom is 0.464 e. The van der Waals surface area contributed by atoms with Gasteiger partial charge >= 0.3 is 7.12 Å². The average molecular weight is 300 g/mol. The van der Waals surface area contributed by atoms with Crippen molar-refractivity contribution < 1.29 is 23.9 Å². The Bertz CT molecular complexity index is 336. The zero-order chi connectivity index (χ0) is 15.8. The fourth-order valence-corrected chi connectivity index (χ4v) is 2.73. The SMILES string of the molecule is CC(C)[C@H](O)[C@@H](CC1OCCO1)B1OC(C)(C)C(C)(C)O1. The minimum atomic E-state index is -0.521. The predicted octanol–water partition coefficient (Wildman–Crippen LogP) is 2.23. The lowest BCUT2D eigenvalue weighted by Gasteiger charge is -2.32. The van der Waals surface area contributed by atoms with Gasteiger partial charge in [-0.15, -0.1) is 0 Å². The van der Waals surface area contributed by atoms with Crippen LogP contribution in [0.3, 0.4) is 0 Å². The number of hydrogen-bond donors (Lipinski definition) is 1. The van der Waals surface area contributed by atoms with E-state index < -0.39 is 24.4 Å². The molecular weight excluding hydrogens is 271 g/mol. The number of aliphatic hydroxyl groups is 1. The van der Waals surface area contributed by atoms with E-state index in [0.717, 1.165) is 0 Å². The van der Waals surface area contributed by atoms with Crippen molar-refractivity contribution in [3.63, 3.8) is 0 Å². The quantitative estimate of drug-likeness (QED) is 0.789. The van der Waals surface area contributed by atoms with Gasteiger partial charge in [-0.1, -0.05) is 13.8 Å². The number of ether oxygens (including phenoxy) is 2. The summed E-state index contributed by atoms with van der Waals surface area (Å²) in [5, 5.41) is 10.6. The molecule has 0 aromatic rings. The summed E-state index contributed by atoms with van der Waals surface area (Å²) < 4.78 is 23.3. The highest BCUT2D eigenvalue weighted by Crippen LogP contribution is 2.43. The van der Waals surface area contributed by atoms with Gasteiger partial charge in [0.05, 0.1) is 30.5 Å². The molecule has 122 valence electrons. The molecule has 6 heteroatoms. The summed E-state index contributed by atoms with van der Waals surface area (Å²) in [5.74, 6) is -0.0513. The van der Waals surface area contributed by atoms with Crippen molar-refractivity contribution in [2.75, 3.05) is 13.2 Å². The molecule has 0 aliphatic carbocycles. The molecule has 0 aromatic carbocycles. The van der Waals surface area contributed by atoms with E-state index in [2.05, 4.69) is 0 Å². The van der Waals surface area contributed by atoms with E-state index in [4.69, 9.17) is 18.8 Å². The highest BCUT2D eigenvalue weighted by atomic mass is 16.7. The van der Waals surface area contributed by atoms with Gasteiger partial charge < -0.3 is 23.9 Å². The minimum Gasteiger partial charge on any atom is -0.403 e. The molecule has 2 aliphatic rings. The first-order chi connectivity index (χ1) is 9.64. The van der Waals surface area contributed by atoms with E-state index in [1.54, 1.807) is 0 Å². The van der Waals surface area contributed by atoms with Crippen molar-refractivity contribution in [1.29, 1.82) is 0 Å². The first-order valence-electron chi connectivity index (χ1n) is 7.91. The van der Waals surface area contributed by atoms with Gasteiger partial charge in [0.15, 0.2) is 6.29 Å². The molecule has 0 spiro atoms. The molecule has 0 bridgehead atoms. The Hall–Kier alpha value is -0.135. The summed E-state index contributed by atoms with van der Waals surface area (Å²) in [6.45, 7) is 13.3. The summed E-state index contributed by atoms with van der Waals surface area (Å²) in [5.41, 5.74) is -0.798. The summed E-state index contributed by atoms with van der Waals surface area (Å²) in [7, 11) is -0.444. The lowest BCUT2D eigenvalue weighted by atomic mass is 9.64. The van der Waals surface area contributed by atoms with Crippen molar-refractivity contribution in [1.82, 2.24) is 0 Å². The zero-order valence-electron chi connectivity index (χ0n) is 14.1. The fourth-order valence-electron chi connectivity index (χ4n) is 2.73. The maximum atomic E-state index is 10.6. The van der Waals surface area contributed by atoms with Gasteiger partial charge in [-0.3, -0.25) is 0 Å². The average Bonchev–Trinajstić information content (AvgIpc) is 2.92. The molecule has 5 nitrogen and oxygen atoms in total. The van der Waals surface area contributed by atoms with Crippen LogP contribution in [0.25, 0.3) is 0 Å². The molecule has 2 aliphatic heterocycles. The van der Waals surface area contributed by atoms with Gasteiger partial charge in [0, 0.05) is 12.2 Å². The third-order valence-corrected chi connectivity index (χ3v) is 4.90. The Labute approximate surface area is 128 Å². The lowest BCUT2D eigenvalue weighted by molar-refractivity contribution is -0.0589. The van der Waals surface area contributed by atoms with Gasteiger partial charge in [0.25, 0.3) is 0 Å². The number of aliphatic hydroxyl groups excluding tert-OH is 1. The Morgan fingerprint density at radius 1 is 1.05 bits per heavy atom. The second-order valence-corrected chi connectivity index (χ2v) is 7.43. The topological polar surface area (TPSA) is 57.2 Å². The Morgan fingerprint density at radius 3 is 1.95 bits per heavy atom. The Balaban J connectivity index is 2.12. The van der Waals surface area contributed by atoms with Crippen LogP contribution in [0.2, 0.25) is 5.82 Å². The molecular formula is C15H29BO5. The molecule has 1 N–H and O–H groups in total. The minimum absolute atomic E-state index is 0.121. The van der Waals surface area contributed by atoms with Crippen molar-refractivity contribution in [2.24, 2.45) is 5.92 Å². The normalized spacial score (nSPS) is 28.3. The molecule has 2 atom stereocenters. The molecule has 0 aromatic heterocycles. The van der Waals surface area contributed by atoms with Crippen LogP contribution < -0.4 is 0 Å². The molecule has 0 radical (unpaired) electrons. The summed E-state index contributed by atoms with van der Waals surface area (Å²) in [4.78, 5) is 0. The first kappa shape index (κ1) is 17.2. The highest BCUT2D eigenvalue weighted by Gasteiger charge is 2.55. The maximum absolute atomic E-state index is 10.6. The van der Waals surface area contributed by atoms with Crippen molar-refractivity contribution in [3.8, 4) is 0 Å². The van der Waals surface area contributed by atoms with E-state index in [1.807, 2.05) is 41.5 Å². The summed E-state index contributed by atoms with van der Waals surface area (Å²) in [6, 6.07) is 0. The predicted molar refractivity (Wildman–Crippen MR) is 81.0 cm³/mol. The van der Waals surface area contributed by atoms with Crippen LogP contribution in [0.15, 0.2) is 0 Å². The van der Waals surface area contributed by atoms with E-state index in [-0.39, 0.29) is 18.0 Å². The van der Waals surface area contributed by atoms with Crippen LogP contribution >= 0.6 is 0 Å². The lowest BCUT2D eigenvalue weighted by Crippen LogP contribution is -2.41. The zero-order valence-corrected chi connectivity index (χ0v) is 14.1. The molecule has 2 saturated heterocycles. The third-order valence-electron chi connectivity index (χ3n) is 4.90. The van der Waals surface area contributed by atoms with E-state index in [1.165, 1.54) is 0 Å². The molecule has 2 fully saturated rings. The van der Waals surface area contributed by atoms with Crippen molar-refractivity contribution in [2.45, 2.75) is 77.4 Å². The van der Waals surface area contributed by atoms with Crippen LogP contribution in [-0.4, -0.2) is 49.0 Å². The second-order valence-electron chi connectivity index (χ2n) is 7.43. The van der Waals surface area contributed by atoms with Gasteiger partial charge in [0.1, 0.15) is 0 Å². The summed E-state index contributed by atoms with van der Waals surface area (Å²) in [6.07, 6.45) is -0.217. The van der Waals surface area contributed by atoms with E-state index in [9.17, 15) is 5.11 Å². The standard InChI is InChI=1S/C15H29BO5/c1-10(2)13(17)11(9-12-18-7-8-19-12)16-20-14(3,4)15(5,6)21-16/h10-13,17H,7-9H2,1-6H3/t11-,13+/m1/s1. The monoisotopic (exact) mass is 300 g/mol. The van der Waals surface area contributed by atoms with Crippen molar-refractivity contribution >= 4 is 7.12 Å². The Kier molecular flexibility index (Phi) is 5.06. The number of rotatable bonds is 5. The van der Waals surface area contributed by atoms with Crippen LogP contribution in [-0.2, 0) is 18.8 Å². The number of hydrogen-bond acceptors (Lipinski definition) is 5. The molecule has 2 rings (SSSR count). The summed E-state index contributed by atoms with van der Waals surface area (Å²) >= 11 is 0. The smallest absolute Gasteiger partial charge is 0.403 e. The molecule has 0 unspecified atom stereocenters. The highest BCUT2D eigenvalue weighted by molar-refractivity contribution is 6.47. The van der Waals surface area contributed by atoms with Gasteiger partial charge in [0.2, 0.25) is 0 Å². The first-order valence-corrected chi connectivity index (χ1v) is 7.91. The third kappa shape index (κ3) is 3.62. The molecule has 2 heterocycles. The van der Waals surface area contributed by atoms with Gasteiger partial charge in [-0.25, -0.2) is 0 Å². The van der Waals surface area contributed by atoms with Gasteiger partial charge in [-0.2, -0.15) is 0 Å². The second kappa shape index (κ2) is 6.16. The van der Waals surface area contributed by atoms with Crippen LogP contribution in [0.4, 0.5) is 0 Å². The van der Waals surface area contributed by atoms with E-state index >= 15 is 0 Å². The van der Waals surface area contributed by atoms with Crippen LogP contribution in [0, 0.1) is 5.92 Å². The molecule has 0 amide bonds. The molecule has 0 saturated carbocycles.